The molecule has 0 radical (unpaired) electrons. The van der Waals surface area contributed by atoms with Gasteiger partial charge in [0, 0.05) is 16.2 Å². The highest BCUT2D eigenvalue weighted by Crippen LogP contribution is 2.21. The van der Waals surface area contributed by atoms with Crippen molar-refractivity contribution in [2.24, 2.45) is 10.7 Å². The monoisotopic (exact) mass is 210 g/mol. The van der Waals surface area contributed by atoms with Crippen LogP contribution in [0.1, 0.15) is 35.1 Å². The van der Waals surface area contributed by atoms with E-state index in [1.807, 2.05) is 11.3 Å². The van der Waals surface area contributed by atoms with E-state index in [1.54, 1.807) is 0 Å². The molecular weight excluding hydrogens is 192 g/mol. The Morgan fingerprint density at radius 2 is 2.21 bits per heavy atom. The summed E-state index contributed by atoms with van der Waals surface area (Å²) in [6, 6.07) is 2.20. The largest absolute Gasteiger partial charge is 0.387 e. The molecule has 78 valence electrons. The van der Waals surface area contributed by atoms with E-state index in [-0.39, 0.29) is 0 Å². The lowest BCUT2D eigenvalue weighted by Crippen LogP contribution is -2.10. The summed E-state index contributed by atoms with van der Waals surface area (Å²) in [6.45, 7) is 7.13. The second kappa shape index (κ2) is 5.15. The van der Waals surface area contributed by atoms with Crippen LogP contribution in [0, 0.1) is 13.8 Å². The summed E-state index contributed by atoms with van der Waals surface area (Å²) in [5.41, 5.74) is 7.09. The normalized spacial score (nSPS) is 12.1. The molecule has 0 aliphatic heterocycles. The molecule has 1 aromatic rings. The number of aryl methyl sites for hydroxylation is 2. The Hall–Kier alpha value is -0.830. The number of thiophene rings is 1. The van der Waals surface area contributed by atoms with Crippen molar-refractivity contribution in [1.82, 2.24) is 0 Å². The molecule has 0 aliphatic carbocycles. The Balaban J connectivity index is 2.57. The van der Waals surface area contributed by atoms with Crippen molar-refractivity contribution in [2.75, 3.05) is 0 Å². The van der Waals surface area contributed by atoms with Gasteiger partial charge >= 0.3 is 0 Å². The van der Waals surface area contributed by atoms with Gasteiger partial charge in [-0.2, -0.15) is 0 Å². The van der Waals surface area contributed by atoms with Gasteiger partial charge in [-0.15, -0.1) is 11.3 Å². The maximum Gasteiger partial charge on any atom is 0.0941 e. The zero-order valence-electron chi connectivity index (χ0n) is 9.13. The van der Waals surface area contributed by atoms with E-state index in [0.717, 1.165) is 25.2 Å². The average Bonchev–Trinajstić information content (AvgIpc) is 2.44. The third-order valence-corrected chi connectivity index (χ3v) is 3.30. The Morgan fingerprint density at radius 1 is 1.50 bits per heavy atom. The molecule has 0 fully saturated rings. The van der Waals surface area contributed by atoms with E-state index < -0.39 is 0 Å². The minimum atomic E-state index is 0.741. The standard InChI is InChI=1S/C11H18N2S/c1-4-5-11(12)13-7-10-6-8(2)9(3)14-10/h6H,4-5,7H2,1-3H3,(H2,12,13). The second-order valence-electron chi connectivity index (χ2n) is 3.51. The van der Waals surface area contributed by atoms with Gasteiger partial charge < -0.3 is 5.73 Å². The van der Waals surface area contributed by atoms with Crippen molar-refractivity contribution in [3.05, 3.63) is 21.4 Å². The molecule has 3 heteroatoms. The van der Waals surface area contributed by atoms with Gasteiger partial charge in [0.2, 0.25) is 0 Å². The first-order valence-corrected chi connectivity index (χ1v) is 5.79. The molecule has 0 bridgehead atoms. The highest BCUT2D eigenvalue weighted by molar-refractivity contribution is 7.12. The zero-order chi connectivity index (χ0) is 10.6. The van der Waals surface area contributed by atoms with Crippen LogP contribution in [0.15, 0.2) is 11.1 Å². The number of nitrogens with zero attached hydrogens (tertiary/aromatic N) is 1. The Kier molecular flexibility index (Phi) is 4.14. The fourth-order valence-electron chi connectivity index (χ4n) is 1.24. The van der Waals surface area contributed by atoms with Gasteiger partial charge in [-0.3, -0.25) is 4.99 Å². The van der Waals surface area contributed by atoms with Crippen molar-refractivity contribution < 1.29 is 0 Å². The fourth-order valence-corrected chi connectivity index (χ4v) is 2.22. The quantitative estimate of drug-likeness (QED) is 0.602. The molecular formula is C11H18N2S. The summed E-state index contributed by atoms with van der Waals surface area (Å²) in [5, 5.41) is 0. The molecule has 0 saturated carbocycles. The fraction of sp³-hybridized carbons (Fsp3) is 0.545. The molecule has 1 aromatic heterocycles. The smallest absolute Gasteiger partial charge is 0.0941 e. The third kappa shape index (κ3) is 3.14. The van der Waals surface area contributed by atoms with E-state index in [2.05, 4.69) is 31.8 Å². The zero-order valence-corrected chi connectivity index (χ0v) is 9.95. The first kappa shape index (κ1) is 11.2. The molecule has 2 N–H and O–H groups in total. The van der Waals surface area contributed by atoms with Crippen molar-refractivity contribution >= 4 is 17.2 Å². The molecule has 0 amide bonds. The van der Waals surface area contributed by atoms with Gasteiger partial charge in [0.1, 0.15) is 0 Å². The lowest BCUT2D eigenvalue weighted by atomic mass is 10.3. The molecule has 0 unspecified atom stereocenters. The lowest BCUT2D eigenvalue weighted by Gasteiger charge is -1.96. The summed E-state index contributed by atoms with van der Waals surface area (Å²) < 4.78 is 0. The number of hydrogen-bond acceptors (Lipinski definition) is 2. The van der Waals surface area contributed by atoms with Gasteiger partial charge in [-0.1, -0.05) is 6.92 Å². The predicted octanol–water partition coefficient (Wildman–Crippen LogP) is 3.02. The maximum absolute atomic E-state index is 5.73. The Bertz CT molecular complexity index is 307. The van der Waals surface area contributed by atoms with Crippen molar-refractivity contribution in [1.29, 1.82) is 0 Å². The van der Waals surface area contributed by atoms with Crippen molar-refractivity contribution in [3.8, 4) is 0 Å². The average molecular weight is 210 g/mol. The minimum Gasteiger partial charge on any atom is -0.387 e. The molecule has 0 aromatic carbocycles. The first-order chi connectivity index (χ1) is 6.63. The van der Waals surface area contributed by atoms with E-state index in [9.17, 15) is 0 Å². The molecule has 2 nitrogen and oxygen atoms in total. The topological polar surface area (TPSA) is 38.4 Å². The first-order valence-electron chi connectivity index (χ1n) is 4.98. The van der Waals surface area contributed by atoms with Crippen LogP contribution in [0.5, 0.6) is 0 Å². The van der Waals surface area contributed by atoms with Crippen LogP contribution >= 0.6 is 11.3 Å². The van der Waals surface area contributed by atoms with E-state index in [4.69, 9.17) is 5.73 Å². The van der Waals surface area contributed by atoms with Crippen molar-refractivity contribution in [3.63, 3.8) is 0 Å². The van der Waals surface area contributed by atoms with E-state index in [0.29, 0.717) is 0 Å². The molecule has 0 atom stereocenters. The van der Waals surface area contributed by atoms with Gasteiger partial charge in [-0.25, -0.2) is 0 Å². The van der Waals surface area contributed by atoms with Crippen LogP contribution in [0.25, 0.3) is 0 Å². The van der Waals surface area contributed by atoms with Gasteiger partial charge in [-0.05, 0) is 31.9 Å². The number of rotatable bonds is 4. The molecule has 1 heterocycles. The van der Waals surface area contributed by atoms with Crippen LogP contribution in [0.3, 0.4) is 0 Å². The summed E-state index contributed by atoms with van der Waals surface area (Å²) in [7, 11) is 0. The highest BCUT2D eigenvalue weighted by Gasteiger charge is 2.00. The summed E-state index contributed by atoms with van der Waals surface area (Å²) in [4.78, 5) is 7.03. The molecule has 1 rings (SSSR count). The van der Waals surface area contributed by atoms with Crippen LogP contribution in [-0.2, 0) is 6.54 Å². The van der Waals surface area contributed by atoms with Gasteiger partial charge in [0.25, 0.3) is 0 Å². The maximum atomic E-state index is 5.73. The van der Waals surface area contributed by atoms with E-state index >= 15 is 0 Å². The van der Waals surface area contributed by atoms with Crippen molar-refractivity contribution in [2.45, 2.75) is 40.2 Å². The third-order valence-electron chi connectivity index (χ3n) is 2.16. The molecule has 0 spiro atoms. The number of nitrogens with two attached hydrogens (primary N) is 1. The summed E-state index contributed by atoms with van der Waals surface area (Å²) in [6.07, 6.45) is 1.97. The molecule has 0 saturated heterocycles. The minimum absolute atomic E-state index is 0.741. The lowest BCUT2D eigenvalue weighted by molar-refractivity contribution is 0.959. The van der Waals surface area contributed by atoms with Crippen LogP contribution in [0.4, 0.5) is 0 Å². The second-order valence-corrected chi connectivity index (χ2v) is 4.85. The summed E-state index contributed by atoms with van der Waals surface area (Å²) >= 11 is 1.81. The van der Waals surface area contributed by atoms with Gasteiger partial charge in [0.05, 0.1) is 12.4 Å². The SMILES string of the molecule is CCCC(N)=NCc1cc(C)c(C)s1. The predicted molar refractivity (Wildman–Crippen MR) is 64.0 cm³/mol. The van der Waals surface area contributed by atoms with E-state index in [1.165, 1.54) is 15.3 Å². The summed E-state index contributed by atoms with van der Waals surface area (Å²) in [5.74, 6) is 0.774. The molecule has 0 aliphatic rings. The van der Waals surface area contributed by atoms with Gasteiger partial charge in [0.15, 0.2) is 0 Å². The van der Waals surface area contributed by atoms with Crippen LogP contribution < -0.4 is 5.73 Å². The number of hydrogen-bond donors (Lipinski definition) is 1. The van der Waals surface area contributed by atoms with Crippen LogP contribution in [-0.4, -0.2) is 5.84 Å². The Labute approximate surface area is 89.9 Å². The number of aliphatic imine (C=N–C) groups is 1. The molecule has 14 heavy (non-hydrogen) atoms. The highest BCUT2D eigenvalue weighted by atomic mass is 32.1. The Morgan fingerprint density at radius 3 is 2.71 bits per heavy atom. The number of amidine groups is 1. The van der Waals surface area contributed by atoms with Crippen LogP contribution in [0.2, 0.25) is 0 Å².